The fraction of sp³-hybridized carbons (Fsp3) is 0. The predicted molar refractivity (Wildman–Crippen MR) is 139 cm³/mol. The Morgan fingerprint density at radius 3 is 2.22 bits per heavy atom. The van der Waals surface area contributed by atoms with Crippen LogP contribution >= 0.6 is 11.6 Å². The zero-order valence-electron chi connectivity index (χ0n) is 19.2. The van der Waals surface area contributed by atoms with Gasteiger partial charge in [0.1, 0.15) is 22.9 Å². The van der Waals surface area contributed by atoms with E-state index in [2.05, 4.69) is 4.99 Å². The molecule has 0 spiro atoms. The summed E-state index contributed by atoms with van der Waals surface area (Å²) >= 11 is 6.02. The summed E-state index contributed by atoms with van der Waals surface area (Å²) in [7, 11) is 0. The Kier molecular flexibility index (Phi) is 6.87. The van der Waals surface area contributed by atoms with Crippen molar-refractivity contribution < 1.29 is 18.3 Å². The van der Waals surface area contributed by atoms with E-state index in [-0.39, 0.29) is 5.75 Å². The Hall–Kier alpha value is -4.62. The molecule has 0 amide bonds. The molecule has 5 aromatic rings. The monoisotopic (exact) mass is 513 g/mol. The number of hydrogen-bond acceptors (Lipinski definition) is 4. The molecule has 0 bridgehead atoms. The quantitative estimate of drug-likeness (QED) is 0.135. The highest BCUT2D eigenvalue weighted by Gasteiger charge is 2.19. The molecule has 0 saturated heterocycles. The molecule has 8 heteroatoms. The second kappa shape index (κ2) is 10.6. The van der Waals surface area contributed by atoms with E-state index in [1.165, 1.54) is 18.2 Å². The van der Waals surface area contributed by atoms with Gasteiger partial charge in [-0.3, -0.25) is 0 Å². The predicted octanol–water partition coefficient (Wildman–Crippen LogP) is 7.44. The van der Waals surface area contributed by atoms with Gasteiger partial charge in [0.15, 0.2) is 5.82 Å². The van der Waals surface area contributed by atoms with Crippen LogP contribution in [0.4, 0.5) is 14.6 Å². The zero-order chi connectivity index (χ0) is 25.8. The molecule has 0 aliphatic rings. The van der Waals surface area contributed by atoms with Gasteiger partial charge in [-0.15, -0.1) is 0 Å². The van der Waals surface area contributed by atoms with Crippen molar-refractivity contribution in [1.29, 1.82) is 0 Å². The molecule has 37 heavy (non-hydrogen) atoms. The standard InChI is InChI=1S/C29H18ClF2N3O2/c30-21-13-11-20(12-14-21)26-17-27(35(34-26)22-5-2-1-3-6-22)33-18-19-9-15-23(16-10-19)37-29(36)28-24(31)7-4-8-25(28)32/h1-18H. The van der Waals surface area contributed by atoms with Crippen LogP contribution in [0.25, 0.3) is 16.9 Å². The van der Waals surface area contributed by atoms with Crippen LogP contribution < -0.4 is 4.74 Å². The summed E-state index contributed by atoms with van der Waals surface area (Å²) in [6.45, 7) is 0. The van der Waals surface area contributed by atoms with Crippen molar-refractivity contribution in [3.63, 3.8) is 0 Å². The lowest BCUT2D eigenvalue weighted by atomic mass is 10.1. The molecule has 4 aromatic carbocycles. The molecule has 182 valence electrons. The fourth-order valence-electron chi connectivity index (χ4n) is 3.60. The van der Waals surface area contributed by atoms with Crippen LogP contribution in [0.5, 0.6) is 5.75 Å². The molecule has 5 nitrogen and oxygen atoms in total. The summed E-state index contributed by atoms with van der Waals surface area (Å²) in [5, 5.41) is 5.36. The van der Waals surface area contributed by atoms with E-state index in [9.17, 15) is 13.6 Å². The average molecular weight is 514 g/mol. The molecule has 0 fully saturated rings. The third-order valence-corrected chi connectivity index (χ3v) is 5.69. The van der Waals surface area contributed by atoms with E-state index in [0.717, 1.165) is 29.1 Å². The van der Waals surface area contributed by atoms with E-state index in [1.807, 2.05) is 48.5 Å². The minimum Gasteiger partial charge on any atom is -0.423 e. The number of carbonyl (C=O) groups is 1. The lowest BCUT2D eigenvalue weighted by Gasteiger charge is -2.06. The summed E-state index contributed by atoms with van der Waals surface area (Å²) in [4.78, 5) is 16.8. The number of aromatic nitrogens is 2. The highest BCUT2D eigenvalue weighted by Crippen LogP contribution is 2.28. The van der Waals surface area contributed by atoms with Crippen molar-refractivity contribution in [2.24, 2.45) is 4.99 Å². The van der Waals surface area contributed by atoms with Gasteiger partial charge in [-0.05, 0) is 66.2 Å². The number of aliphatic imine (C=N–C) groups is 1. The topological polar surface area (TPSA) is 56.5 Å². The lowest BCUT2D eigenvalue weighted by Crippen LogP contribution is -2.13. The maximum Gasteiger partial charge on any atom is 0.349 e. The van der Waals surface area contributed by atoms with Crippen LogP contribution in [0.2, 0.25) is 5.02 Å². The minimum absolute atomic E-state index is 0.143. The number of rotatable bonds is 6. The summed E-state index contributed by atoms with van der Waals surface area (Å²) in [5.41, 5.74) is 2.45. The van der Waals surface area contributed by atoms with Gasteiger partial charge in [-0.25, -0.2) is 23.2 Å². The largest absolute Gasteiger partial charge is 0.423 e. The summed E-state index contributed by atoms with van der Waals surface area (Å²) < 4.78 is 34.5. The first-order valence-electron chi connectivity index (χ1n) is 11.2. The van der Waals surface area contributed by atoms with Gasteiger partial charge in [0, 0.05) is 22.9 Å². The molecule has 0 N–H and O–H groups in total. The molecule has 5 rings (SSSR count). The van der Waals surface area contributed by atoms with Gasteiger partial charge in [0.05, 0.1) is 11.4 Å². The first kappa shape index (κ1) is 24.1. The van der Waals surface area contributed by atoms with Gasteiger partial charge in [-0.1, -0.05) is 48.0 Å². The molecule has 0 aliphatic heterocycles. The van der Waals surface area contributed by atoms with Crippen molar-refractivity contribution in [3.8, 4) is 22.7 Å². The van der Waals surface area contributed by atoms with Crippen molar-refractivity contribution in [3.05, 3.63) is 131 Å². The van der Waals surface area contributed by atoms with Crippen molar-refractivity contribution in [1.82, 2.24) is 9.78 Å². The van der Waals surface area contributed by atoms with E-state index in [0.29, 0.717) is 16.4 Å². The zero-order valence-corrected chi connectivity index (χ0v) is 19.9. The second-order valence-electron chi connectivity index (χ2n) is 7.96. The highest BCUT2D eigenvalue weighted by molar-refractivity contribution is 6.30. The third kappa shape index (κ3) is 5.47. The molecular weight excluding hydrogens is 496 g/mol. The van der Waals surface area contributed by atoms with Gasteiger partial charge < -0.3 is 4.74 Å². The maximum atomic E-state index is 13.8. The van der Waals surface area contributed by atoms with Crippen LogP contribution in [0.3, 0.4) is 0 Å². The van der Waals surface area contributed by atoms with Gasteiger partial charge in [-0.2, -0.15) is 5.10 Å². The number of esters is 1. The van der Waals surface area contributed by atoms with E-state index >= 15 is 0 Å². The van der Waals surface area contributed by atoms with Crippen LogP contribution in [0.1, 0.15) is 15.9 Å². The number of para-hydroxylation sites is 1. The molecule has 1 aromatic heterocycles. The van der Waals surface area contributed by atoms with Crippen molar-refractivity contribution >= 4 is 29.6 Å². The fourth-order valence-corrected chi connectivity index (χ4v) is 3.72. The third-order valence-electron chi connectivity index (χ3n) is 5.43. The molecule has 0 atom stereocenters. The summed E-state index contributed by atoms with van der Waals surface area (Å²) in [6.07, 6.45) is 1.64. The first-order valence-corrected chi connectivity index (χ1v) is 11.6. The smallest absolute Gasteiger partial charge is 0.349 e. The molecule has 0 unspecified atom stereocenters. The van der Waals surface area contributed by atoms with Crippen LogP contribution in [0, 0.1) is 11.6 Å². The Balaban J connectivity index is 1.38. The van der Waals surface area contributed by atoms with Gasteiger partial charge in [0.25, 0.3) is 0 Å². The first-order chi connectivity index (χ1) is 18.0. The van der Waals surface area contributed by atoms with E-state index in [4.69, 9.17) is 21.4 Å². The number of benzene rings is 4. The van der Waals surface area contributed by atoms with Crippen LogP contribution in [0.15, 0.2) is 108 Å². The van der Waals surface area contributed by atoms with Gasteiger partial charge >= 0.3 is 5.97 Å². The second-order valence-corrected chi connectivity index (χ2v) is 8.39. The number of carbonyl (C=O) groups excluding carboxylic acids is 1. The Bertz CT molecular complexity index is 1560. The van der Waals surface area contributed by atoms with Crippen molar-refractivity contribution in [2.45, 2.75) is 0 Å². The molecule has 0 aliphatic carbocycles. The average Bonchev–Trinajstić information content (AvgIpc) is 3.33. The minimum atomic E-state index is -1.11. The highest BCUT2D eigenvalue weighted by atomic mass is 35.5. The SMILES string of the molecule is O=C(Oc1ccc(C=Nc2cc(-c3ccc(Cl)cc3)nn2-c2ccccc2)cc1)c1c(F)cccc1F. The molecule has 0 radical (unpaired) electrons. The number of halogens is 3. The molecule has 0 saturated carbocycles. The van der Waals surface area contributed by atoms with Crippen LogP contribution in [-0.4, -0.2) is 22.0 Å². The van der Waals surface area contributed by atoms with E-state index in [1.54, 1.807) is 35.2 Å². The van der Waals surface area contributed by atoms with E-state index < -0.39 is 23.2 Å². The van der Waals surface area contributed by atoms with Crippen molar-refractivity contribution in [2.75, 3.05) is 0 Å². The Labute approximate surface area is 216 Å². The molecule has 1 heterocycles. The summed E-state index contributed by atoms with van der Waals surface area (Å²) in [5.74, 6) is -2.34. The molecular formula is C29H18ClF2N3O2. The van der Waals surface area contributed by atoms with Gasteiger partial charge in [0.2, 0.25) is 0 Å². The Morgan fingerprint density at radius 2 is 1.54 bits per heavy atom. The maximum absolute atomic E-state index is 13.8. The lowest BCUT2D eigenvalue weighted by molar-refractivity contribution is 0.0724. The number of hydrogen-bond donors (Lipinski definition) is 0. The number of ether oxygens (including phenoxy) is 1. The number of nitrogens with zero attached hydrogens (tertiary/aromatic N) is 3. The normalized spacial score (nSPS) is 11.1. The Morgan fingerprint density at radius 1 is 0.865 bits per heavy atom. The summed E-state index contributed by atoms with van der Waals surface area (Å²) in [6, 6.07) is 28.4. The van der Waals surface area contributed by atoms with Crippen LogP contribution in [-0.2, 0) is 0 Å².